The molecule has 0 spiro atoms. The van der Waals surface area contributed by atoms with Crippen molar-refractivity contribution in [3.8, 4) is 0 Å². The van der Waals surface area contributed by atoms with Gasteiger partial charge in [0.05, 0.1) is 5.69 Å². The number of urea groups is 1. The van der Waals surface area contributed by atoms with E-state index < -0.39 is 12.0 Å². The summed E-state index contributed by atoms with van der Waals surface area (Å²) in [6.07, 6.45) is 5.76. The number of nitrogens with zero attached hydrogens (tertiary/aromatic N) is 1. The van der Waals surface area contributed by atoms with Crippen LogP contribution in [0.1, 0.15) is 50.0 Å². The number of carboxylic acids is 1. The second-order valence-corrected chi connectivity index (χ2v) is 4.96. The van der Waals surface area contributed by atoms with E-state index in [1.807, 2.05) is 0 Å². The number of carbonyl (C=O) groups excluding carboxylic acids is 1. The summed E-state index contributed by atoms with van der Waals surface area (Å²) in [6, 6.07) is 2.70. The zero-order chi connectivity index (χ0) is 15.7. The van der Waals surface area contributed by atoms with Crippen molar-refractivity contribution in [3.63, 3.8) is 0 Å². The summed E-state index contributed by atoms with van der Waals surface area (Å²) >= 11 is 0. The first-order valence-electron chi connectivity index (χ1n) is 7.31. The molecule has 0 saturated carbocycles. The molecule has 1 aromatic rings. The minimum Gasteiger partial charge on any atom is -0.476 e. The molecule has 1 aromatic heterocycles. The van der Waals surface area contributed by atoms with Crippen molar-refractivity contribution in [2.24, 2.45) is 5.92 Å². The number of pyridine rings is 1. The van der Waals surface area contributed by atoms with E-state index >= 15 is 0 Å². The second kappa shape index (κ2) is 8.94. The number of unbranched alkanes of at least 4 members (excludes halogenated alkanes) is 1. The lowest BCUT2D eigenvalue weighted by atomic mass is 9.99. The van der Waals surface area contributed by atoms with Crippen LogP contribution in [-0.4, -0.2) is 28.6 Å². The van der Waals surface area contributed by atoms with Gasteiger partial charge in [-0.15, -0.1) is 0 Å². The van der Waals surface area contributed by atoms with Crippen LogP contribution >= 0.6 is 0 Å². The third kappa shape index (κ3) is 5.81. The molecule has 3 N–H and O–H groups in total. The number of anilines is 1. The average molecular weight is 293 g/mol. The molecule has 0 aliphatic rings. The number of hydrogen-bond donors (Lipinski definition) is 3. The summed E-state index contributed by atoms with van der Waals surface area (Å²) in [4.78, 5) is 26.6. The molecular weight excluding hydrogens is 270 g/mol. The predicted octanol–water partition coefficient (Wildman–Crippen LogP) is 3.12. The molecule has 0 bridgehead atoms. The SMILES string of the molecule is CCCCC(CC)CNC(=O)Nc1cccnc1C(=O)O. The molecule has 21 heavy (non-hydrogen) atoms. The number of aromatic nitrogens is 1. The molecule has 0 radical (unpaired) electrons. The molecule has 0 fully saturated rings. The molecule has 1 unspecified atom stereocenters. The molecule has 116 valence electrons. The van der Waals surface area contributed by atoms with Gasteiger partial charge in [0.15, 0.2) is 5.69 Å². The first-order valence-corrected chi connectivity index (χ1v) is 7.31. The Morgan fingerprint density at radius 3 is 2.76 bits per heavy atom. The van der Waals surface area contributed by atoms with Crippen LogP contribution in [0.5, 0.6) is 0 Å². The van der Waals surface area contributed by atoms with Crippen LogP contribution in [0.3, 0.4) is 0 Å². The van der Waals surface area contributed by atoms with E-state index in [4.69, 9.17) is 5.11 Å². The van der Waals surface area contributed by atoms with E-state index in [-0.39, 0.29) is 11.4 Å². The maximum Gasteiger partial charge on any atom is 0.356 e. The standard InChI is InChI=1S/C15H23N3O3/c1-3-5-7-11(4-2)10-17-15(21)18-12-8-6-9-16-13(12)14(19)20/h6,8-9,11H,3-5,7,10H2,1-2H3,(H,19,20)(H2,17,18,21). The predicted molar refractivity (Wildman–Crippen MR) is 81.5 cm³/mol. The first kappa shape index (κ1) is 16.9. The van der Waals surface area contributed by atoms with Crippen molar-refractivity contribution < 1.29 is 14.7 Å². The van der Waals surface area contributed by atoms with Crippen molar-refractivity contribution in [2.45, 2.75) is 39.5 Å². The third-order valence-electron chi connectivity index (χ3n) is 3.35. The molecule has 0 aliphatic carbocycles. The van der Waals surface area contributed by atoms with Gasteiger partial charge in [-0.1, -0.05) is 33.1 Å². The van der Waals surface area contributed by atoms with E-state index in [2.05, 4.69) is 29.5 Å². The number of rotatable bonds is 8. The van der Waals surface area contributed by atoms with Crippen LogP contribution in [0, 0.1) is 5.92 Å². The molecule has 6 nitrogen and oxygen atoms in total. The lowest BCUT2D eigenvalue weighted by Crippen LogP contribution is -2.33. The van der Waals surface area contributed by atoms with Gasteiger partial charge in [-0.2, -0.15) is 0 Å². The van der Waals surface area contributed by atoms with Gasteiger partial charge in [-0.25, -0.2) is 14.6 Å². The second-order valence-electron chi connectivity index (χ2n) is 4.96. The zero-order valence-corrected chi connectivity index (χ0v) is 12.6. The zero-order valence-electron chi connectivity index (χ0n) is 12.6. The molecular formula is C15H23N3O3. The number of aromatic carboxylic acids is 1. The highest BCUT2D eigenvalue weighted by Gasteiger charge is 2.14. The Kier molecular flexibility index (Phi) is 7.21. The minimum absolute atomic E-state index is 0.161. The molecule has 1 heterocycles. The average Bonchev–Trinajstić information content (AvgIpc) is 2.47. The van der Waals surface area contributed by atoms with E-state index in [9.17, 15) is 9.59 Å². The maximum absolute atomic E-state index is 11.8. The van der Waals surface area contributed by atoms with Gasteiger partial charge in [0, 0.05) is 12.7 Å². The Labute approximate surface area is 125 Å². The summed E-state index contributed by atoms with van der Waals surface area (Å²) in [6.45, 7) is 4.83. The highest BCUT2D eigenvalue weighted by Crippen LogP contribution is 2.13. The molecule has 0 aliphatic heterocycles. The molecule has 0 saturated heterocycles. The largest absolute Gasteiger partial charge is 0.476 e. The van der Waals surface area contributed by atoms with Crippen LogP contribution in [0.2, 0.25) is 0 Å². The topological polar surface area (TPSA) is 91.3 Å². The normalized spacial score (nSPS) is 11.7. The van der Waals surface area contributed by atoms with E-state index in [1.165, 1.54) is 12.3 Å². The maximum atomic E-state index is 11.8. The van der Waals surface area contributed by atoms with E-state index in [0.29, 0.717) is 12.5 Å². The minimum atomic E-state index is -1.17. The molecule has 0 aromatic carbocycles. The van der Waals surface area contributed by atoms with Gasteiger partial charge in [0.2, 0.25) is 0 Å². The monoisotopic (exact) mass is 293 g/mol. The van der Waals surface area contributed by atoms with Gasteiger partial charge in [-0.05, 0) is 24.5 Å². The highest BCUT2D eigenvalue weighted by molar-refractivity contribution is 5.98. The highest BCUT2D eigenvalue weighted by atomic mass is 16.4. The smallest absolute Gasteiger partial charge is 0.356 e. The van der Waals surface area contributed by atoms with Gasteiger partial charge < -0.3 is 15.7 Å². The molecule has 1 atom stereocenters. The first-order chi connectivity index (χ1) is 10.1. The summed E-state index contributed by atoms with van der Waals surface area (Å²) in [5.41, 5.74) is 0.0368. The van der Waals surface area contributed by atoms with Crippen LogP contribution in [0.25, 0.3) is 0 Å². The summed E-state index contributed by atoms with van der Waals surface area (Å²) in [5, 5.41) is 14.3. The Balaban J connectivity index is 2.52. The third-order valence-corrected chi connectivity index (χ3v) is 3.35. The Morgan fingerprint density at radius 1 is 1.38 bits per heavy atom. The quantitative estimate of drug-likeness (QED) is 0.686. The summed E-state index contributed by atoms with van der Waals surface area (Å²) in [5.74, 6) is -0.719. The lowest BCUT2D eigenvalue weighted by Gasteiger charge is -2.16. The lowest BCUT2D eigenvalue weighted by molar-refractivity contribution is 0.0691. The fraction of sp³-hybridized carbons (Fsp3) is 0.533. The van der Waals surface area contributed by atoms with Crippen molar-refractivity contribution >= 4 is 17.7 Å². The number of amides is 2. The number of carboxylic acid groups (broad SMARTS) is 1. The molecule has 6 heteroatoms. The summed E-state index contributed by atoms with van der Waals surface area (Å²) < 4.78 is 0. The van der Waals surface area contributed by atoms with Crippen molar-refractivity contribution in [2.75, 3.05) is 11.9 Å². The van der Waals surface area contributed by atoms with Crippen LogP contribution in [-0.2, 0) is 0 Å². The van der Waals surface area contributed by atoms with E-state index in [0.717, 1.165) is 25.7 Å². The van der Waals surface area contributed by atoms with Crippen LogP contribution < -0.4 is 10.6 Å². The molecule has 1 rings (SSSR count). The van der Waals surface area contributed by atoms with Crippen LogP contribution in [0.15, 0.2) is 18.3 Å². The van der Waals surface area contributed by atoms with Gasteiger partial charge in [0.25, 0.3) is 0 Å². The fourth-order valence-corrected chi connectivity index (χ4v) is 2.02. The number of nitrogens with one attached hydrogen (secondary N) is 2. The summed E-state index contributed by atoms with van der Waals surface area (Å²) in [7, 11) is 0. The van der Waals surface area contributed by atoms with Gasteiger partial charge in [0.1, 0.15) is 0 Å². The van der Waals surface area contributed by atoms with Crippen LogP contribution in [0.4, 0.5) is 10.5 Å². The van der Waals surface area contributed by atoms with Crippen molar-refractivity contribution in [1.82, 2.24) is 10.3 Å². The Morgan fingerprint density at radius 2 is 2.14 bits per heavy atom. The van der Waals surface area contributed by atoms with E-state index in [1.54, 1.807) is 6.07 Å². The Hall–Kier alpha value is -2.11. The number of hydrogen-bond acceptors (Lipinski definition) is 3. The van der Waals surface area contributed by atoms with Gasteiger partial charge >= 0.3 is 12.0 Å². The fourth-order valence-electron chi connectivity index (χ4n) is 2.02. The van der Waals surface area contributed by atoms with Gasteiger partial charge in [-0.3, -0.25) is 0 Å². The van der Waals surface area contributed by atoms with Crippen molar-refractivity contribution in [3.05, 3.63) is 24.0 Å². The molecule has 2 amide bonds. The number of carbonyl (C=O) groups is 2. The van der Waals surface area contributed by atoms with Crippen molar-refractivity contribution in [1.29, 1.82) is 0 Å². The Bertz CT molecular complexity index is 477.